The lowest BCUT2D eigenvalue weighted by Crippen LogP contribution is -2.41. The summed E-state index contributed by atoms with van der Waals surface area (Å²) in [6.07, 6.45) is 20.8. The lowest BCUT2D eigenvalue weighted by molar-refractivity contribution is -0.870. The zero-order chi connectivity index (χ0) is 42.9. The summed E-state index contributed by atoms with van der Waals surface area (Å²) < 4.78 is 77.3. The summed E-state index contributed by atoms with van der Waals surface area (Å²) >= 11 is 0. The number of hydrogen-bond donors (Lipinski definition) is 5. The van der Waals surface area contributed by atoms with E-state index in [1.54, 1.807) is 6.08 Å². The highest BCUT2D eigenvalue weighted by Crippen LogP contribution is 2.44. The van der Waals surface area contributed by atoms with Crippen molar-refractivity contribution in [1.29, 1.82) is 0 Å². The minimum atomic E-state index is -4.57. The third-order valence-corrected chi connectivity index (χ3v) is 11.8. The molecule has 2 aliphatic rings. The number of phosphoric ester groups is 1. The summed E-state index contributed by atoms with van der Waals surface area (Å²) in [4.78, 5) is 23.8. The first-order valence-corrected chi connectivity index (χ1v) is 24.2. The van der Waals surface area contributed by atoms with Gasteiger partial charge in [-0.2, -0.15) is 13.1 Å². The van der Waals surface area contributed by atoms with Crippen LogP contribution in [0.15, 0.2) is 12.2 Å². The Hall–Kier alpha value is -1.09. The largest absolute Gasteiger partial charge is 0.756 e. The summed E-state index contributed by atoms with van der Waals surface area (Å²) in [7, 11) is -3.25. The minimum Gasteiger partial charge on any atom is -0.756 e. The Morgan fingerprint density at radius 2 is 1.53 bits per heavy atom. The number of phosphoric acid groups is 1. The molecule has 0 aromatic carbocycles. The van der Waals surface area contributed by atoms with Gasteiger partial charge in [0.05, 0.1) is 59.2 Å². The molecule has 58 heavy (non-hydrogen) atoms. The third kappa shape index (κ3) is 25.6. The maximum absolute atomic E-state index is 12.0. The second kappa shape index (κ2) is 28.5. The van der Waals surface area contributed by atoms with Crippen molar-refractivity contribution in [3.8, 4) is 0 Å². The smallest absolute Gasteiger partial charge is 0.333 e. The molecule has 19 heteroatoms. The topological polar surface area (TPSA) is 240 Å². The van der Waals surface area contributed by atoms with Crippen LogP contribution in [0.5, 0.6) is 0 Å². The molecule has 1 unspecified atom stereocenters. The summed E-state index contributed by atoms with van der Waals surface area (Å²) in [6.45, 7) is -0.526. The van der Waals surface area contributed by atoms with Crippen LogP contribution in [0.4, 0.5) is 0 Å². The summed E-state index contributed by atoms with van der Waals surface area (Å²) in [5, 5.41) is 29.7. The van der Waals surface area contributed by atoms with Gasteiger partial charge in [0.25, 0.3) is 7.82 Å². The number of ether oxygens (including phenoxy) is 4. The molecule has 2 bridgehead atoms. The number of unbranched alkanes of at least 4 members (excludes halogenated alkanes) is 14. The van der Waals surface area contributed by atoms with Crippen LogP contribution in [-0.2, 0) is 47.7 Å². The highest BCUT2D eigenvalue weighted by atomic mass is 32.2. The molecule has 0 spiro atoms. The Balaban J connectivity index is 1.46. The number of fused-ring (bicyclic) bond motifs is 2. The van der Waals surface area contributed by atoms with Gasteiger partial charge in [-0.15, -0.1) is 0 Å². The van der Waals surface area contributed by atoms with Crippen molar-refractivity contribution in [2.24, 2.45) is 0 Å². The molecule has 2 saturated heterocycles. The van der Waals surface area contributed by atoms with Crippen LogP contribution in [0.1, 0.15) is 128 Å². The maximum atomic E-state index is 12.0. The maximum Gasteiger partial charge on any atom is 0.333 e. The number of likely N-dealkylation sites (N-methyl/N-ethyl adjacent to an activating group) is 1. The third-order valence-electron chi connectivity index (χ3n) is 10.2. The predicted molar refractivity (Wildman–Crippen MR) is 216 cm³/mol. The Bertz CT molecular complexity index is 1300. The number of carbonyl (C=O) groups is 1. The van der Waals surface area contributed by atoms with E-state index in [1.807, 2.05) is 25.9 Å². The van der Waals surface area contributed by atoms with Gasteiger partial charge in [0.2, 0.25) is 0 Å². The number of aliphatic hydroxyl groups is 3. The van der Waals surface area contributed by atoms with E-state index in [1.165, 1.54) is 51.0 Å². The number of nitrogens with one attached hydrogen (secondary N) is 1. The van der Waals surface area contributed by atoms with E-state index in [4.69, 9.17) is 33.1 Å². The zero-order valence-electron chi connectivity index (χ0n) is 35.2. The van der Waals surface area contributed by atoms with Gasteiger partial charge >= 0.3 is 16.3 Å². The Morgan fingerprint density at radius 3 is 2.16 bits per heavy atom. The van der Waals surface area contributed by atoms with Crippen LogP contribution >= 0.6 is 7.82 Å². The Kier molecular flexibility index (Phi) is 26.1. The first-order valence-electron chi connectivity index (χ1n) is 21.3. The van der Waals surface area contributed by atoms with Gasteiger partial charge in [0.1, 0.15) is 32.0 Å². The van der Waals surface area contributed by atoms with Crippen LogP contribution in [0.2, 0.25) is 0 Å². The Morgan fingerprint density at radius 1 is 0.914 bits per heavy atom. The zero-order valence-corrected chi connectivity index (χ0v) is 36.9. The van der Waals surface area contributed by atoms with Gasteiger partial charge in [0.15, 0.2) is 5.79 Å². The van der Waals surface area contributed by atoms with Gasteiger partial charge in [0, 0.05) is 25.5 Å². The molecule has 0 aromatic rings. The molecule has 342 valence electrons. The molecule has 2 aliphatic heterocycles. The average molecular weight is 875 g/mol. The van der Waals surface area contributed by atoms with E-state index < -0.39 is 68.0 Å². The fourth-order valence-electron chi connectivity index (χ4n) is 6.94. The van der Waals surface area contributed by atoms with Crippen LogP contribution in [0, 0.1) is 0 Å². The van der Waals surface area contributed by atoms with E-state index in [2.05, 4.69) is 4.52 Å². The van der Waals surface area contributed by atoms with Crippen molar-refractivity contribution < 1.29 is 75.0 Å². The molecule has 0 saturated carbocycles. The number of rotatable bonds is 36. The number of aliphatic hydroxyl groups excluding tert-OH is 3. The molecule has 0 radical (unpaired) electrons. The number of quaternary nitrogens is 1. The standard InChI is InChI=1S/C39H75N2O15PS/c1-41(2,3)26-28-53-57(46,47)54-32-34(43)31-52-37(45)22-18-14-12-13-17-21-36-38-35(44)23-25-39(55-36,56-38)24-19-15-10-8-6-4-5-7-9-11-16-20-27-51-30-33(29-42)40-58(48,49)50/h18,22,33-36,38,40,42-44H,4-17,19-21,23-32H2,1-3H3,(H-,46,47,48,49,50)/b22-18+/t33-,34+,35+,36+,38+,39-/m0/s1. The molecule has 2 rings (SSSR count). The second-order valence-corrected chi connectivity index (χ2v) is 19.3. The number of hydrogen-bond acceptors (Lipinski definition) is 14. The highest BCUT2D eigenvalue weighted by Gasteiger charge is 2.52. The molecule has 17 nitrogen and oxygen atoms in total. The molecule has 7 atom stereocenters. The first kappa shape index (κ1) is 53.0. The molecule has 2 fully saturated rings. The summed E-state index contributed by atoms with van der Waals surface area (Å²) in [5.41, 5.74) is 0. The quantitative estimate of drug-likeness (QED) is 0.0149. The van der Waals surface area contributed by atoms with Gasteiger partial charge in [-0.05, 0) is 38.5 Å². The van der Waals surface area contributed by atoms with Crippen LogP contribution < -0.4 is 9.62 Å². The monoisotopic (exact) mass is 874 g/mol. The van der Waals surface area contributed by atoms with E-state index in [-0.39, 0.29) is 25.4 Å². The van der Waals surface area contributed by atoms with Crippen LogP contribution in [0.3, 0.4) is 0 Å². The molecular weight excluding hydrogens is 799 g/mol. The minimum absolute atomic E-state index is 0.0160. The number of esters is 1. The van der Waals surface area contributed by atoms with Crippen LogP contribution in [0.25, 0.3) is 0 Å². The molecule has 0 aliphatic carbocycles. The van der Waals surface area contributed by atoms with E-state index >= 15 is 0 Å². The predicted octanol–water partition coefficient (Wildman–Crippen LogP) is 4.08. The molecule has 0 amide bonds. The van der Waals surface area contributed by atoms with Crippen molar-refractivity contribution in [3.05, 3.63) is 12.2 Å². The van der Waals surface area contributed by atoms with Gasteiger partial charge in [-0.1, -0.05) is 83.1 Å². The number of allylic oxidation sites excluding steroid dienone is 1. The van der Waals surface area contributed by atoms with Crippen molar-refractivity contribution in [2.45, 2.75) is 165 Å². The van der Waals surface area contributed by atoms with Gasteiger partial charge in [-0.3, -0.25) is 9.12 Å². The average Bonchev–Trinajstić information content (AvgIpc) is 3.45. The van der Waals surface area contributed by atoms with E-state index in [0.717, 1.165) is 64.2 Å². The highest BCUT2D eigenvalue weighted by molar-refractivity contribution is 7.83. The first-order chi connectivity index (χ1) is 27.4. The molecule has 5 N–H and O–H groups in total. The Labute approximate surface area is 347 Å². The number of nitrogens with zero attached hydrogens (tertiary/aromatic N) is 1. The lowest BCUT2D eigenvalue weighted by atomic mass is 9.94. The number of carbonyl (C=O) groups excluding carboxylic acids is 1. The van der Waals surface area contributed by atoms with E-state index in [0.29, 0.717) is 36.9 Å². The fourth-order valence-corrected chi connectivity index (χ4v) is 8.24. The van der Waals surface area contributed by atoms with E-state index in [9.17, 15) is 32.9 Å². The fraction of sp³-hybridized carbons (Fsp3) is 0.923. The van der Waals surface area contributed by atoms with Crippen molar-refractivity contribution in [2.75, 3.05) is 67.3 Å². The normalized spacial score (nSPS) is 23.3. The molecule has 0 aromatic heterocycles. The van der Waals surface area contributed by atoms with Crippen molar-refractivity contribution >= 4 is 24.1 Å². The molecule has 2 heterocycles. The lowest BCUT2D eigenvalue weighted by Gasteiger charge is -2.33. The van der Waals surface area contributed by atoms with Gasteiger partial charge in [-0.25, -0.2) is 4.79 Å². The van der Waals surface area contributed by atoms with Crippen molar-refractivity contribution in [1.82, 2.24) is 4.72 Å². The molecular formula is C39H75N2O15PS. The second-order valence-electron chi connectivity index (χ2n) is 16.7. The van der Waals surface area contributed by atoms with Gasteiger partial charge < -0.3 is 52.7 Å². The summed E-state index contributed by atoms with van der Waals surface area (Å²) in [6, 6.07) is -0.847. The SMILES string of the molecule is C[N+](C)(C)CCOP(=O)([O-])OC[C@H](O)COC(=O)/C=C/CCCCC[C@H]1O[C@]2(CCCCCCCCCCCCCCOC[C@H](CO)NS(=O)(=O)O)CC[C@@H](O)[C@H]1O2. The van der Waals surface area contributed by atoms with Crippen LogP contribution in [-0.4, -0.2) is 142 Å². The van der Waals surface area contributed by atoms with Crippen molar-refractivity contribution in [3.63, 3.8) is 0 Å². The summed E-state index contributed by atoms with van der Waals surface area (Å²) in [5.74, 6) is -1.22.